The first-order valence-corrected chi connectivity index (χ1v) is 5.56. The van der Waals surface area contributed by atoms with E-state index >= 15 is 0 Å². The lowest BCUT2D eigenvalue weighted by Crippen LogP contribution is -2.39. The molecule has 0 saturated carbocycles. The third kappa shape index (κ3) is 2.69. The summed E-state index contributed by atoms with van der Waals surface area (Å²) in [7, 11) is 0. The Kier molecular flexibility index (Phi) is 3.50. The normalized spacial score (nSPS) is 10.1. The van der Waals surface area contributed by atoms with Gasteiger partial charge < -0.3 is 0 Å². The maximum absolute atomic E-state index is 12.0. The monoisotopic (exact) mass is 227 g/mol. The fourth-order valence-corrected chi connectivity index (χ4v) is 1.73. The number of H-pyrrole nitrogens is 1. The summed E-state index contributed by atoms with van der Waals surface area (Å²) in [6, 6.07) is 9.33. The molecular weight excluding hydrogens is 212 g/mol. The number of imidazole rings is 1. The van der Waals surface area contributed by atoms with E-state index < -0.39 is 0 Å². The molecule has 2 rings (SSSR count). The number of carbonyl (C=O) groups excluding carboxylic acids is 1. The van der Waals surface area contributed by atoms with E-state index in [9.17, 15) is 4.79 Å². The molecule has 86 valence electrons. The minimum absolute atomic E-state index is 0.112. The summed E-state index contributed by atoms with van der Waals surface area (Å²) in [6.07, 6.45) is 6.25. The first-order chi connectivity index (χ1) is 8.31. The van der Waals surface area contributed by atoms with Gasteiger partial charge in [-0.25, -0.2) is 9.55 Å². The minimum atomic E-state index is 0.112. The SMILES string of the molecule is C=CCc1[nH]cc[n+]1CC(=O)c1ccccc1. The Balaban J connectivity index is 2.13. The van der Waals surface area contributed by atoms with Crippen LogP contribution >= 0.6 is 0 Å². The van der Waals surface area contributed by atoms with Crippen molar-refractivity contribution >= 4 is 5.78 Å². The maximum atomic E-state index is 12.0. The molecule has 3 nitrogen and oxygen atoms in total. The average molecular weight is 227 g/mol. The van der Waals surface area contributed by atoms with Crippen LogP contribution in [-0.2, 0) is 13.0 Å². The van der Waals surface area contributed by atoms with E-state index in [1.165, 1.54) is 0 Å². The molecule has 1 aromatic carbocycles. The second kappa shape index (κ2) is 5.25. The van der Waals surface area contributed by atoms with Crippen molar-refractivity contribution in [2.45, 2.75) is 13.0 Å². The predicted molar refractivity (Wildman–Crippen MR) is 65.7 cm³/mol. The number of allylic oxidation sites excluding steroid dienone is 1. The average Bonchev–Trinajstić information content (AvgIpc) is 2.78. The van der Waals surface area contributed by atoms with Crippen molar-refractivity contribution in [2.24, 2.45) is 0 Å². The van der Waals surface area contributed by atoms with Crippen LogP contribution in [0.2, 0.25) is 0 Å². The topological polar surface area (TPSA) is 36.7 Å². The number of hydrogen-bond donors (Lipinski definition) is 1. The van der Waals surface area contributed by atoms with Gasteiger partial charge in [-0.2, -0.15) is 0 Å². The van der Waals surface area contributed by atoms with Crippen molar-refractivity contribution in [2.75, 3.05) is 0 Å². The predicted octanol–water partition coefficient (Wildman–Crippen LogP) is 1.91. The van der Waals surface area contributed by atoms with Crippen LogP contribution in [0.5, 0.6) is 0 Å². The van der Waals surface area contributed by atoms with Gasteiger partial charge in [0, 0.05) is 5.56 Å². The zero-order valence-electron chi connectivity index (χ0n) is 9.60. The Hall–Kier alpha value is -2.16. The molecule has 0 spiro atoms. The van der Waals surface area contributed by atoms with E-state index in [1.807, 2.05) is 53.4 Å². The highest BCUT2D eigenvalue weighted by atomic mass is 16.1. The summed E-state index contributed by atoms with van der Waals surface area (Å²) in [5.74, 6) is 1.10. The van der Waals surface area contributed by atoms with Crippen LogP contribution in [0.4, 0.5) is 0 Å². The second-order valence-electron chi connectivity index (χ2n) is 3.82. The van der Waals surface area contributed by atoms with Crippen LogP contribution in [0.15, 0.2) is 55.4 Å². The van der Waals surface area contributed by atoms with Gasteiger partial charge in [0.25, 0.3) is 5.82 Å². The molecule has 0 fully saturated rings. The quantitative estimate of drug-likeness (QED) is 0.473. The van der Waals surface area contributed by atoms with E-state index in [-0.39, 0.29) is 5.78 Å². The van der Waals surface area contributed by atoms with Gasteiger partial charge in [0.15, 0.2) is 6.54 Å². The molecule has 2 aromatic rings. The summed E-state index contributed by atoms with van der Waals surface area (Å²) in [4.78, 5) is 15.1. The van der Waals surface area contributed by atoms with Crippen LogP contribution < -0.4 is 4.57 Å². The summed E-state index contributed by atoms with van der Waals surface area (Å²) < 4.78 is 1.91. The van der Waals surface area contributed by atoms with Gasteiger partial charge in [-0.1, -0.05) is 36.4 Å². The number of ketones is 1. The Morgan fingerprint density at radius 1 is 1.35 bits per heavy atom. The second-order valence-corrected chi connectivity index (χ2v) is 3.82. The number of aromatic nitrogens is 2. The van der Waals surface area contributed by atoms with Gasteiger partial charge in [0.2, 0.25) is 5.78 Å². The van der Waals surface area contributed by atoms with Crippen molar-refractivity contribution in [3.8, 4) is 0 Å². The Morgan fingerprint density at radius 2 is 2.12 bits per heavy atom. The summed E-state index contributed by atoms with van der Waals surface area (Å²) in [6.45, 7) is 4.05. The van der Waals surface area contributed by atoms with Crippen molar-refractivity contribution < 1.29 is 9.36 Å². The largest absolute Gasteiger partial charge is 0.290 e. The van der Waals surface area contributed by atoms with Gasteiger partial charge in [0.05, 0.1) is 6.42 Å². The lowest BCUT2D eigenvalue weighted by molar-refractivity contribution is -0.688. The van der Waals surface area contributed by atoms with E-state index in [0.717, 1.165) is 17.8 Å². The molecule has 0 saturated heterocycles. The van der Waals surface area contributed by atoms with E-state index in [4.69, 9.17) is 0 Å². The van der Waals surface area contributed by atoms with Crippen molar-refractivity contribution in [1.29, 1.82) is 0 Å². The molecule has 1 heterocycles. The molecule has 0 radical (unpaired) electrons. The maximum Gasteiger partial charge on any atom is 0.258 e. The summed E-state index contributed by atoms with van der Waals surface area (Å²) >= 11 is 0. The summed E-state index contributed by atoms with van der Waals surface area (Å²) in [5, 5.41) is 0. The Morgan fingerprint density at radius 3 is 2.82 bits per heavy atom. The number of nitrogens with zero attached hydrogens (tertiary/aromatic N) is 1. The van der Waals surface area contributed by atoms with Gasteiger partial charge in [0.1, 0.15) is 12.4 Å². The first-order valence-electron chi connectivity index (χ1n) is 5.56. The van der Waals surface area contributed by atoms with E-state index in [2.05, 4.69) is 11.6 Å². The lowest BCUT2D eigenvalue weighted by Gasteiger charge is -1.99. The number of hydrogen-bond acceptors (Lipinski definition) is 1. The van der Waals surface area contributed by atoms with E-state index in [1.54, 1.807) is 0 Å². The van der Waals surface area contributed by atoms with Gasteiger partial charge in [-0.15, -0.1) is 6.58 Å². The van der Waals surface area contributed by atoms with Crippen molar-refractivity contribution in [3.63, 3.8) is 0 Å². The molecule has 17 heavy (non-hydrogen) atoms. The highest BCUT2D eigenvalue weighted by molar-refractivity contribution is 5.94. The molecule has 3 heteroatoms. The molecule has 0 aliphatic rings. The molecule has 0 unspecified atom stereocenters. The zero-order valence-corrected chi connectivity index (χ0v) is 9.60. The highest BCUT2D eigenvalue weighted by Gasteiger charge is 2.14. The van der Waals surface area contributed by atoms with Crippen LogP contribution in [0, 0.1) is 0 Å². The highest BCUT2D eigenvalue weighted by Crippen LogP contribution is 2.00. The zero-order chi connectivity index (χ0) is 12.1. The van der Waals surface area contributed by atoms with Crippen LogP contribution in [0.1, 0.15) is 16.2 Å². The lowest BCUT2D eigenvalue weighted by atomic mass is 10.1. The van der Waals surface area contributed by atoms with Crippen LogP contribution in [0.3, 0.4) is 0 Å². The molecule has 1 aromatic heterocycles. The third-order valence-electron chi connectivity index (χ3n) is 2.60. The van der Waals surface area contributed by atoms with Gasteiger partial charge in [-0.3, -0.25) is 4.79 Å². The van der Waals surface area contributed by atoms with Crippen molar-refractivity contribution in [3.05, 3.63) is 66.8 Å². The number of benzene rings is 1. The number of rotatable bonds is 5. The number of carbonyl (C=O) groups is 1. The van der Waals surface area contributed by atoms with Crippen LogP contribution in [-0.4, -0.2) is 10.8 Å². The number of aromatic amines is 1. The fourth-order valence-electron chi connectivity index (χ4n) is 1.73. The minimum Gasteiger partial charge on any atom is -0.290 e. The Bertz CT molecular complexity index is 514. The summed E-state index contributed by atoms with van der Waals surface area (Å²) in [5.41, 5.74) is 0.741. The van der Waals surface area contributed by atoms with Crippen molar-refractivity contribution in [1.82, 2.24) is 4.98 Å². The first kappa shape index (κ1) is 11.3. The molecule has 1 N–H and O–H groups in total. The smallest absolute Gasteiger partial charge is 0.258 e. The number of Topliss-reactive ketones (excluding diaryl/α,β-unsaturated/α-hetero) is 1. The van der Waals surface area contributed by atoms with Crippen LogP contribution in [0.25, 0.3) is 0 Å². The molecular formula is C14H15N2O+. The third-order valence-corrected chi connectivity index (χ3v) is 2.60. The standard InChI is InChI=1S/C14H14N2O/c1-2-6-14-15-9-10-16(14)11-13(17)12-7-4-3-5-8-12/h2-5,7-10H,1,6,11H2/p+1. The Labute approximate surface area is 100 Å². The molecule has 0 amide bonds. The molecule has 0 atom stereocenters. The molecule has 0 aliphatic heterocycles. The fraction of sp³-hybridized carbons (Fsp3) is 0.143. The number of nitrogens with one attached hydrogen (secondary N) is 1. The molecule has 0 bridgehead atoms. The van der Waals surface area contributed by atoms with Gasteiger partial charge >= 0.3 is 0 Å². The van der Waals surface area contributed by atoms with Gasteiger partial charge in [-0.05, 0) is 0 Å². The molecule has 0 aliphatic carbocycles. The van der Waals surface area contributed by atoms with E-state index in [0.29, 0.717) is 6.54 Å².